The third-order valence-corrected chi connectivity index (χ3v) is 4.65. The molecule has 0 fully saturated rings. The summed E-state index contributed by atoms with van der Waals surface area (Å²) in [7, 11) is 0. The summed E-state index contributed by atoms with van der Waals surface area (Å²) in [6, 6.07) is 14.8. The minimum atomic E-state index is -0.108. The molecule has 2 aromatic carbocycles. The van der Waals surface area contributed by atoms with Crippen LogP contribution in [0.25, 0.3) is 16.8 Å². The molecular formula is C16H12ClN5OS. The molecule has 0 spiro atoms. The molecule has 1 amide bonds. The second-order valence-corrected chi connectivity index (χ2v) is 6.49. The summed E-state index contributed by atoms with van der Waals surface area (Å²) < 4.78 is 1.91. The summed E-state index contributed by atoms with van der Waals surface area (Å²) in [5.74, 6) is 0.800. The molecule has 4 rings (SSSR count). The van der Waals surface area contributed by atoms with Crippen molar-refractivity contribution in [2.24, 2.45) is 0 Å². The highest BCUT2D eigenvalue weighted by Gasteiger charge is 2.13. The Morgan fingerprint density at radius 3 is 2.83 bits per heavy atom. The van der Waals surface area contributed by atoms with Crippen LogP contribution in [0.3, 0.4) is 0 Å². The highest BCUT2D eigenvalue weighted by atomic mass is 35.5. The van der Waals surface area contributed by atoms with Crippen molar-refractivity contribution in [2.75, 3.05) is 11.1 Å². The highest BCUT2D eigenvalue weighted by Crippen LogP contribution is 2.23. The first-order valence-corrected chi connectivity index (χ1v) is 8.57. The topological polar surface area (TPSA) is 75.1 Å². The van der Waals surface area contributed by atoms with Gasteiger partial charge in [0, 0.05) is 10.7 Å². The molecule has 8 heteroatoms. The number of benzene rings is 2. The third-order valence-electron chi connectivity index (χ3n) is 3.46. The van der Waals surface area contributed by atoms with Gasteiger partial charge in [-0.25, -0.2) is 10.1 Å². The van der Waals surface area contributed by atoms with Crippen molar-refractivity contribution in [3.8, 4) is 0 Å². The van der Waals surface area contributed by atoms with Crippen LogP contribution in [0.5, 0.6) is 0 Å². The van der Waals surface area contributed by atoms with Crippen molar-refractivity contribution in [1.82, 2.24) is 19.6 Å². The number of thioether (sulfide) groups is 1. The molecule has 2 aromatic heterocycles. The fourth-order valence-electron chi connectivity index (χ4n) is 2.40. The number of carbonyl (C=O) groups is 1. The zero-order valence-corrected chi connectivity index (χ0v) is 13.9. The molecule has 0 bridgehead atoms. The van der Waals surface area contributed by atoms with E-state index in [9.17, 15) is 4.79 Å². The average molecular weight is 358 g/mol. The Labute approximate surface area is 146 Å². The van der Waals surface area contributed by atoms with Gasteiger partial charge >= 0.3 is 0 Å². The van der Waals surface area contributed by atoms with E-state index in [0.717, 1.165) is 11.0 Å². The number of halogens is 1. The fraction of sp³-hybridized carbons (Fsp3) is 0.0625. The summed E-state index contributed by atoms with van der Waals surface area (Å²) in [5.41, 5.74) is 2.56. The van der Waals surface area contributed by atoms with Crippen molar-refractivity contribution in [3.63, 3.8) is 0 Å². The molecule has 6 nitrogen and oxygen atoms in total. The maximum atomic E-state index is 12.1. The lowest BCUT2D eigenvalue weighted by atomic mass is 10.3. The van der Waals surface area contributed by atoms with E-state index < -0.39 is 0 Å². The predicted molar refractivity (Wildman–Crippen MR) is 95.6 cm³/mol. The molecule has 120 valence electrons. The van der Waals surface area contributed by atoms with E-state index in [1.54, 1.807) is 24.3 Å². The second kappa shape index (κ2) is 6.18. The number of rotatable bonds is 4. The summed E-state index contributed by atoms with van der Waals surface area (Å²) in [4.78, 5) is 16.6. The third kappa shape index (κ3) is 2.83. The molecule has 0 saturated carbocycles. The summed E-state index contributed by atoms with van der Waals surface area (Å²) in [6.45, 7) is 0. The molecule has 0 aliphatic rings. The zero-order valence-electron chi connectivity index (χ0n) is 12.4. The van der Waals surface area contributed by atoms with Crippen LogP contribution in [-0.2, 0) is 4.79 Å². The SMILES string of the molecule is O=C(CSc1n[nH]c2nc3ccccc3n12)Nc1ccc(Cl)cc1. The zero-order chi connectivity index (χ0) is 16.5. The number of hydrogen-bond donors (Lipinski definition) is 2. The lowest BCUT2D eigenvalue weighted by Gasteiger charge is -2.04. The standard InChI is InChI=1S/C16H12ClN5OS/c17-10-5-7-11(8-6-10)18-14(23)9-24-16-21-20-15-19-12-3-1-2-4-13(12)22(15)16/h1-8H,9H2,(H,18,23)(H,19,20). The van der Waals surface area contributed by atoms with E-state index >= 15 is 0 Å². The summed E-state index contributed by atoms with van der Waals surface area (Å²) in [6.07, 6.45) is 0. The van der Waals surface area contributed by atoms with E-state index in [2.05, 4.69) is 20.5 Å². The minimum Gasteiger partial charge on any atom is -0.325 e. The monoisotopic (exact) mass is 357 g/mol. The lowest BCUT2D eigenvalue weighted by Crippen LogP contribution is -2.14. The molecule has 0 aliphatic carbocycles. The number of hydrogen-bond acceptors (Lipinski definition) is 4. The molecule has 0 aliphatic heterocycles. The Morgan fingerprint density at radius 2 is 2.00 bits per heavy atom. The first-order valence-electron chi connectivity index (χ1n) is 7.20. The van der Waals surface area contributed by atoms with Gasteiger partial charge in [-0.2, -0.15) is 0 Å². The largest absolute Gasteiger partial charge is 0.325 e. The van der Waals surface area contributed by atoms with Gasteiger partial charge in [-0.3, -0.25) is 9.20 Å². The number of nitrogens with one attached hydrogen (secondary N) is 2. The van der Waals surface area contributed by atoms with Gasteiger partial charge in [0.25, 0.3) is 0 Å². The molecule has 0 atom stereocenters. The quantitative estimate of drug-likeness (QED) is 0.547. The first-order chi connectivity index (χ1) is 11.7. The Balaban J connectivity index is 1.50. The van der Waals surface area contributed by atoms with Crippen LogP contribution in [0.1, 0.15) is 0 Å². The fourth-order valence-corrected chi connectivity index (χ4v) is 3.28. The van der Waals surface area contributed by atoms with Crippen LogP contribution in [-0.4, -0.2) is 31.2 Å². The van der Waals surface area contributed by atoms with Crippen LogP contribution in [0.15, 0.2) is 53.7 Å². The van der Waals surface area contributed by atoms with E-state index in [4.69, 9.17) is 11.6 Å². The average Bonchev–Trinajstić information content (AvgIpc) is 3.14. The Hall–Kier alpha value is -2.51. The van der Waals surface area contributed by atoms with E-state index in [0.29, 0.717) is 21.6 Å². The van der Waals surface area contributed by atoms with Crippen LogP contribution in [0.2, 0.25) is 5.02 Å². The van der Waals surface area contributed by atoms with E-state index in [1.807, 2.05) is 28.7 Å². The molecular weight excluding hydrogens is 346 g/mol. The van der Waals surface area contributed by atoms with Crippen molar-refractivity contribution in [3.05, 3.63) is 53.6 Å². The van der Waals surface area contributed by atoms with Crippen molar-refractivity contribution < 1.29 is 4.79 Å². The maximum absolute atomic E-state index is 12.1. The smallest absolute Gasteiger partial charge is 0.234 e. The van der Waals surface area contributed by atoms with Crippen LogP contribution in [0.4, 0.5) is 5.69 Å². The van der Waals surface area contributed by atoms with Gasteiger partial charge in [-0.15, -0.1) is 5.10 Å². The number of fused-ring (bicyclic) bond motifs is 3. The number of para-hydroxylation sites is 2. The Bertz CT molecular complexity index is 1020. The number of aromatic amines is 1. The number of anilines is 1. The molecule has 2 N–H and O–H groups in total. The van der Waals surface area contributed by atoms with E-state index in [1.165, 1.54) is 11.8 Å². The molecule has 0 saturated heterocycles. The van der Waals surface area contributed by atoms with Crippen molar-refractivity contribution >= 4 is 51.8 Å². The van der Waals surface area contributed by atoms with Crippen molar-refractivity contribution in [1.29, 1.82) is 0 Å². The second-order valence-electron chi connectivity index (χ2n) is 5.11. The summed E-state index contributed by atoms with van der Waals surface area (Å²) in [5, 5.41) is 11.3. The van der Waals surface area contributed by atoms with E-state index in [-0.39, 0.29) is 11.7 Å². The van der Waals surface area contributed by atoms with Crippen molar-refractivity contribution in [2.45, 2.75) is 5.16 Å². The molecule has 0 unspecified atom stereocenters. The van der Waals surface area contributed by atoms with Gasteiger partial charge in [0.1, 0.15) is 0 Å². The Kier molecular flexibility index (Phi) is 3.87. The first kappa shape index (κ1) is 15.0. The number of H-pyrrole nitrogens is 1. The normalized spacial score (nSPS) is 11.2. The highest BCUT2D eigenvalue weighted by molar-refractivity contribution is 7.99. The Morgan fingerprint density at radius 1 is 1.21 bits per heavy atom. The van der Waals surface area contributed by atoms with Gasteiger partial charge in [0.15, 0.2) is 5.16 Å². The number of nitrogens with zero attached hydrogens (tertiary/aromatic N) is 3. The number of carbonyl (C=O) groups excluding carboxylic acids is 1. The van der Waals surface area contributed by atoms with Crippen LogP contribution < -0.4 is 5.32 Å². The lowest BCUT2D eigenvalue weighted by molar-refractivity contribution is -0.113. The minimum absolute atomic E-state index is 0.108. The molecule has 24 heavy (non-hydrogen) atoms. The van der Waals surface area contributed by atoms with Gasteiger partial charge in [0.2, 0.25) is 11.7 Å². The predicted octanol–water partition coefficient (Wildman–Crippen LogP) is 3.59. The van der Waals surface area contributed by atoms with Gasteiger partial charge < -0.3 is 5.32 Å². The van der Waals surface area contributed by atoms with Gasteiger partial charge in [-0.05, 0) is 36.4 Å². The van der Waals surface area contributed by atoms with Crippen LogP contribution >= 0.6 is 23.4 Å². The molecule has 0 radical (unpaired) electrons. The maximum Gasteiger partial charge on any atom is 0.234 e. The summed E-state index contributed by atoms with van der Waals surface area (Å²) >= 11 is 7.18. The number of imidazole rings is 1. The van der Waals surface area contributed by atoms with Crippen LogP contribution in [0, 0.1) is 0 Å². The molecule has 2 heterocycles. The van der Waals surface area contributed by atoms with Gasteiger partial charge in [-0.1, -0.05) is 35.5 Å². The number of aromatic nitrogens is 4. The molecule has 4 aromatic rings. The number of amides is 1. The van der Waals surface area contributed by atoms with Gasteiger partial charge in [0.05, 0.1) is 16.8 Å².